The second-order valence-corrected chi connectivity index (χ2v) is 6.60. The summed E-state index contributed by atoms with van der Waals surface area (Å²) in [6, 6.07) is 12.5. The van der Waals surface area contributed by atoms with Gasteiger partial charge >= 0.3 is 5.97 Å². The van der Waals surface area contributed by atoms with Crippen molar-refractivity contribution in [1.29, 1.82) is 0 Å². The van der Waals surface area contributed by atoms with Crippen molar-refractivity contribution < 1.29 is 19.4 Å². The molecular formula is C18H16BrNO4. The summed E-state index contributed by atoms with van der Waals surface area (Å²) in [6.45, 7) is 0. The van der Waals surface area contributed by atoms with Crippen molar-refractivity contribution in [3.05, 3.63) is 58.1 Å². The van der Waals surface area contributed by atoms with Crippen molar-refractivity contribution >= 4 is 33.5 Å². The summed E-state index contributed by atoms with van der Waals surface area (Å²) in [5.74, 6) is -1.04. The number of benzene rings is 2. The lowest BCUT2D eigenvalue weighted by Crippen LogP contribution is -2.15. The minimum Gasteiger partial charge on any atom is -0.505 e. The first kappa shape index (κ1) is 16.5. The fraction of sp³-hybridized carbons (Fsp3) is 0.222. The van der Waals surface area contributed by atoms with E-state index in [1.54, 1.807) is 12.1 Å². The second-order valence-electron chi connectivity index (χ2n) is 5.68. The van der Waals surface area contributed by atoms with Crippen LogP contribution in [0.2, 0.25) is 0 Å². The van der Waals surface area contributed by atoms with Crippen molar-refractivity contribution in [2.24, 2.45) is 5.92 Å². The molecule has 0 spiro atoms. The lowest BCUT2D eigenvalue weighted by Gasteiger charge is -2.10. The Balaban J connectivity index is 1.70. The predicted octanol–water partition coefficient (Wildman–Crippen LogP) is 3.68. The highest BCUT2D eigenvalue weighted by molar-refractivity contribution is 9.10. The minimum atomic E-state index is -0.650. The molecule has 1 aliphatic carbocycles. The summed E-state index contributed by atoms with van der Waals surface area (Å²) >= 11 is 3.39. The SMILES string of the molecule is COC(=O)c1cccc(NC(=O)C2CC2c2ccc(Br)cc2)c1O. The predicted molar refractivity (Wildman–Crippen MR) is 93.1 cm³/mol. The highest BCUT2D eigenvalue weighted by atomic mass is 79.9. The van der Waals surface area contributed by atoms with E-state index >= 15 is 0 Å². The quantitative estimate of drug-likeness (QED) is 0.617. The summed E-state index contributed by atoms with van der Waals surface area (Å²) < 4.78 is 5.60. The summed E-state index contributed by atoms with van der Waals surface area (Å²) in [5.41, 5.74) is 1.35. The Labute approximate surface area is 147 Å². The van der Waals surface area contributed by atoms with Gasteiger partial charge in [-0.3, -0.25) is 4.79 Å². The van der Waals surface area contributed by atoms with Gasteiger partial charge in [-0.2, -0.15) is 0 Å². The Bertz CT molecular complexity index is 788. The fourth-order valence-corrected chi connectivity index (χ4v) is 2.97. The highest BCUT2D eigenvalue weighted by Gasteiger charge is 2.44. The molecule has 2 unspecified atom stereocenters. The Morgan fingerprint density at radius 3 is 2.58 bits per heavy atom. The molecule has 6 heteroatoms. The number of amides is 1. The first-order chi connectivity index (χ1) is 11.5. The normalized spacial score (nSPS) is 18.8. The topological polar surface area (TPSA) is 75.6 Å². The maximum absolute atomic E-state index is 12.4. The van der Waals surface area contributed by atoms with E-state index < -0.39 is 5.97 Å². The molecule has 124 valence electrons. The Kier molecular flexibility index (Phi) is 4.57. The van der Waals surface area contributed by atoms with E-state index in [9.17, 15) is 14.7 Å². The number of hydrogen-bond acceptors (Lipinski definition) is 4. The first-order valence-electron chi connectivity index (χ1n) is 7.48. The van der Waals surface area contributed by atoms with Crippen LogP contribution in [0.1, 0.15) is 28.3 Å². The lowest BCUT2D eigenvalue weighted by atomic mass is 10.1. The van der Waals surface area contributed by atoms with E-state index in [-0.39, 0.29) is 34.7 Å². The van der Waals surface area contributed by atoms with E-state index in [0.717, 1.165) is 16.5 Å². The second kappa shape index (κ2) is 6.65. The number of aromatic hydroxyl groups is 1. The zero-order valence-corrected chi connectivity index (χ0v) is 14.5. The van der Waals surface area contributed by atoms with Crippen molar-refractivity contribution in [1.82, 2.24) is 0 Å². The molecule has 0 bridgehead atoms. The van der Waals surface area contributed by atoms with Gasteiger partial charge < -0.3 is 15.2 Å². The molecule has 0 saturated heterocycles. The molecule has 1 amide bonds. The van der Waals surface area contributed by atoms with Crippen LogP contribution in [0.15, 0.2) is 46.9 Å². The molecule has 0 heterocycles. The Hall–Kier alpha value is -2.34. The number of esters is 1. The van der Waals surface area contributed by atoms with Gasteiger partial charge in [-0.1, -0.05) is 34.1 Å². The first-order valence-corrected chi connectivity index (χ1v) is 8.27. The van der Waals surface area contributed by atoms with E-state index in [4.69, 9.17) is 0 Å². The summed E-state index contributed by atoms with van der Waals surface area (Å²) in [6.07, 6.45) is 0.769. The molecule has 1 saturated carbocycles. The Morgan fingerprint density at radius 2 is 1.92 bits per heavy atom. The van der Waals surface area contributed by atoms with Crippen LogP contribution >= 0.6 is 15.9 Å². The van der Waals surface area contributed by atoms with Crippen LogP contribution in [0.4, 0.5) is 5.69 Å². The van der Waals surface area contributed by atoms with Gasteiger partial charge in [0.2, 0.25) is 5.91 Å². The maximum Gasteiger partial charge on any atom is 0.341 e. The zero-order chi connectivity index (χ0) is 17.3. The largest absolute Gasteiger partial charge is 0.505 e. The minimum absolute atomic E-state index is 0.0237. The van der Waals surface area contributed by atoms with Crippen LogP contribution in [0.3, 0.4) is 0 Å². The van der Waals surface area contributed by atoms with Gasteiger partial charge in [0.05, 0.1) is 12.8 Å². The number of nitrogens with one attached hydrogen (secondary N) is 1. The Morgan fingerprint density at radius 1 is 1.21 bits per heavy atom. The molecule has 1 fully saturated rings. The van der Waals surface area contributed by atoms with Gasteiger partial charge in [0, 0.05) is 10.4 Å². The van der Waals surface area contributed by atoms with Gasteiger partial charge in [0.25, 0.3) is 0 Å². The van der Waals surface area contributed by atoms with Crippen LogP contribution in [0.25, 0.3) is 0 Å². The number of carbonyl (C=O) groups excluding carboxylic acids is 2. The number of methoxy groups -OCH3 is 1. The molecule has 0 radical (unpaired) electrons. The average Bonchev–Trinajstić information content (AvgIpc) is 3.37. The van der Waals surface area contributed by atoms with Crippen molar-refractivity contribution in [2.75, 3.05) is 12.4 Å². The molecule has 0 aliphatic heterocycles. The van der Waals surface area contributed by atoms with Crippen LogP contribution in [0, 0.1) is 5.92 Å². The third kappa shape index (κ3) is 3.28. The smallest absolute Gasteiger partial charge is 0.341 e. The number of hydrogen-bond donors (Lipinski definition) is 2. The number of anilines is 1. The molecular weight excluding hydrogens is 374 g/mol. The standard InChI is InChI=1S/C18H16BrNO4/c1-24-18(23)12-3-2-4-15(16(12)21)20-17(22)14-9-13(14)10-5-7-11(19)8-6-10/h2-8,13-14,21H,9H2,1H3,(H,20,22). The van der Waals surface area contributed by atoms with Crippen LogP contribution in [-0.4, -0.2) is 24.1 Å². The van der Waals surface area contributed by atoms with Crippen LogP contribution in [0.5, 0.6) is 5.75 Å². The molecule has 2 N–H and O–H groups in total. The third-order valence-corrected chi connectivity index (χ3v) is 4.65. The van der Waals surface area contributed by atoms with Gasteiger partial charge in [-0.25, -0.2) is 4.79 Å². The molecule has 5 nitrogen and oxygen atoms in total. The molecule has 2 atom stereocenters. The van der Waals surface area contributed by atoms with Gasteiger partial charge in [0.15, 0.2) is 5.75 Å². The summed E-state index contributed by atoms with van der Waals surface area (Å²) in [7, 11) is 1.24. The maximum atomic E-state index is 12.4. The molecule has 1 aliphatic rings. The van der Waals surface area contributed by atoms with Crippen molar-refractivity contribution in [3.8, 4) is 5.75 Å². The third-order valence-electron chi connectivity index (χ3n) is 4.12. The molecule has 2 aromatic carbocycles. The fourth-order valence-electron chi connectivity index (χ4n) is 2.71. The van der Waals surface area contributed by atoms with Gasteiger partial charge in [0.1, 0.15) is 5.56 Å². The number of rotatable bonds is 4. The van der Waals surface area contributed by atoms with Gasteiger partial charge in [-0.15, -0.1) is 0 Å². The summed E-state index contributed by atoms with van der Waals surface area (Å²) in [4.78, 5) is 24.0. The number of phenolic OH excluding ortho intramolecular Hbond substituents is 1. The van der Waals surface area contributed by atoms with E-state index in [1.165, 1.54) is 13.2 Å². The molecule has 2 aromatic rings. The lowest BCUT2D eigenvalue weighted by molar-refractivity contribution is -0.117. The molecule has 24 heavy (non-hydrogen) atoms. The monoisotopic (exact) mass is 389 g/mol. The van der Waals surface area contributed by atoms with Crippen molar-refractivity contribution in [3.63, 3.8) is 0 Å². The number of para-hydroxylation sites is 1. The van der Waals surface area contributed by atoms with Crippen LogP contribution < -0.4 is 5.32 Å². The highest BCUT2D eigenvalue weighted by Crippen LogP contribution is 2.48. The number of ether oxygens (including phenoxy) is 1. The van der Waals surface area contributed by atoms with E-state index in [2.05, 4.69) is 26.0 Å². The van der Waals surface area contributed by atoms with E-state index in [0.29, 0.717) is 0 Å². The number of halogens is 1. The number of phenols is 1. The van der Waals surface area contributed by atoms with Crippen LogP contribution in [-0.2, 0) is 9.53 Å². The average molecular weight is 390 g/mol. The summed E-state index contributed by atoms with van der Waals surface area (Å²) in [5, 5.41) is 12.8. The van der Waals surface area contributed by atoms with Gasteiger partial charge in [-0.05, 0) is 42.2 Å². The van der Waals surface area contributed by atoms with Crippen molar-refractivity contribution in [2.45, 2.75) is 12.3 Å². The van der Waals surface area contributed by atoms with E-state index in [1.807, 2.05) is 24.3 Å². The zero-order valence-electron chi connectivity index (χ0n) is 13.0. The molecule has 0 aromatic heterocycles. The molecule has 3 rings (SSSR count). The number of carbonyl (C=O) groups is 2.